The minimum absolute atomic E-state index is 0.607. The Hall–Kier alpha value is -0.500. The van der Waals surface area contributed by atoms with Crippen LogP contribution in [0.25, 0.3) is 0 Å². The molecule has 0 aliphatic carbocycles. The van der Waals surface area contributed by atoms with Crippen molar-refractivity contribution < 1.29 is 4.74 Å². The van der Waals surface area contributed by atoms with Crippen LogP contribution in [0.15, 0.2) is 12.3 Å². The van der Waals surface area contributed by atoms with Crippen molar-refractivity contribution in [2.45, 2.75) is 32.2 Å². The first-order valence-corrected chi connectivity index (χ1v) is 4.68. The van der Waals surface area contributed by atoms with E-state index in [1.807, 2.05) is 6.92 Å². The number of allylic oxidation sites excluding steroid dienone is 1. The van der Waals surface area contributed by atoms with Crippen molar-refractivity contribution in [2.24, 2.45) is 0 Å². The van der Waals surface area contributed by atoms with Crippen LogP contribution >= 0.6 is 0 Å². The Morgan fingerprint density at radius 1 is 1.58 bits per heavy atom. The van der Waals surface area contributed by atoms with Crippen molar-refractivity contribution in [1.82, 2.24) is 4.90 Å². The molecule has 0 aromatic rings. The quantitative estimate of drug-likeness (QED) is 0.599. The molecule has 0 N–H and O–H groups in total. The molecule has 1 aliphatic rings. The predicted molar refractivity (Wildman–Crippen MR) is 51.0 cm³/mol. The second-order valence-electron chi connectivity index (χ2n) is 3.64. The second-order valence-corrected chi connectivity index (χ2v) is 3.64. The highest BCUT2D eigenvalue weighted by Crippen LogP contribution is 2.15. The van der Waals surface area contributed by atoms with Crippen molar-refractivity contribution in [2.75, 3.05) is 20.2 Å². The van der Waals surface area contributed by atoms with Crippen molar-refractivity contribution in [3.05, 3.63) is 12.3 Å². The van der Waals surface area contributed by atoms with Gasteiger partial charge in [0.05, 0.1) is 5.76 Å². The van der Waals surface area contributed by atoms with E-state index in [1.165, 1.54) is 25.8 Å². The minimum atomic E-state index is 0.607. The fourth-order valence-electron chi connectivity index (χ4n) is 1.59. The maximum Gasteiger partial charge on any atom is 0.103 e. The van der Waals surface area contributed by atoms with Gasteiger partial charge in [0.1, 0.15) is 6.61 Å². The molecule has 1 aliphatic heterocycles. The van der Waals surface area contributed by atoms with E-state index in [0.29, 0.717) is 6.04 Å². The third-order valence-electron chi connectivity index (χ3n) is 2.44. The van der Waals surface area contributed by atoms with E-state index in [9.17, 15) is 0 Å². The Labute approximate surface area is 75.2 Å². The lowest BCUT2D eigenvalue weighted by Crippen LogP contribution is -2.39. The van der Waals surface area contributed by atoms with E-state index in [-0.39, 0.29) is 0 Å². The molecule has 70 valence electrons. The first-order valence-electron chi connectivity index (χ1n) is 4.68. The summed E-state index contributed by atoms with van der Waals surface area (Å²) in [6.45, 7) is 7.65. The number of hydrogen-bond acceptors (Lipinski definition) is 2. The van der Waals surface area contributed by atoms with Crippen LogP contribution in [0.4, 0.5) is 0 Å². The zero-order chi connectivity index (χ0) is 8.97. The zero-order valence-corrected chi connectivity index (χ0v) is 8.18. The van der Waals surface area contributed by atoms with Crippen LogP contribution in [0.5, 0.6) is 0 Å². The van der Waals surface area contributed by atoms with E-state index >= 15 is 0 Å². The molecule has 1 unspecified atom stereocenters. The third-order valence-corrected chi connectivity index (χ3v) is 2.44. The molecule has 1 atom stereocenters. The van der Waals surface area contributed by atoms with Gasteiger partial charge in [0.25, 0.3) is 0 Å². The van der Waals surface area contributed by atoms with Crippen LogP contribution in [0, 0.1) is 0 Å². The van der Waals surface area contributed by atoms with Crippen molar-refractivity contribution in [3.63, 3.8) is 0 Å². The van der Waals surface area contributed by atoms with Crippen molar-refractivity contribution in [1.29, 1.82) is 0 Å². The summed E-state index contributed by atoms with van der Waals surface area (Å²) < 4.78 is 5.42. The number of likely N-dealkylation sites (N-methyl/N-ethyl adjacent to an activating group) is 1. The molecule has 0 spiro atoms. The average Bonchev–Trinajstić information content (AvgIpc) is 2.03. The maximum atomic E-state index is 5.42. The van der Waals surface area contributed by atoms with Crippen LogP contribution in [-0.2, 0) is 4.74 Å². The first-order chi connectivity index (χ1) is 5.70. The number of ether oxygens (including phenoxy) is 1. The summed E-state index contributed by atoms with van der Waals surface area (Å²) in [6, 6.07) is 0.607. The molecule has 0 amide bonds. The SMILES string of the molecule is C=C(C)OCC1CCCCN1C. The van der Waals surface area contributed by atoms with Crippen LogP contribution in [0.1, 0.15) is 26.2 Å². The van der Waals surface area contributed by atoms with Gasteiger partial charge in [0.15, 0.2) is 0 Å². The Balaban J connectivity index is 2.24. The molecule has 0 aromatic heterocycles. The van der Waals surface area contributed by atoms with Crippen LogP contribution in [0.2, 0.25) is 0 Å². The molecule has 0 aromatic carbocycles. The average molecular weight is 169 g/mol. The monoisotopic (exact) mass is 169 g/mol. The van der Waals surface area contributed by atoms with Crippen LogP contribution in [0.3, 0.4) is 0 Å². The molecule has 1 fully saturated rings. The van der Waals surface area contributed by atoms with Crippen molar-refractivity contribution in [3.8, 4) is 0 Å². The Kier molecular flexibility index (Phi) is 3.60. The van der Waals surface area contributed by atoms with Crippen LogP contribution < -0.4 is 0 Å². The van der Waals surface area contributed by atoms with Gasteiger partial charge in [0.2, 0.25) is 0 Å². The standard InChI is InChI=1S/C10H19NO/c1-9(2)12-8-10-6-4-5-7-11(10)3/h10H,1,4-8H2,2-3H3. The smallest absolute Gasteiger partial charge is 0.103 e. The molecule has 1 rings (SSSR count). The lowest BCUT2D eigenvalue weighted by molar-refractivity contribution is 0.0906. The topological polar surface area (TPSA) is 12.5 Å². The molecular formula is C10H19NO. The van der Waals surface area contributed by atoms with Gasteiger partial charge in [-0.15, -0.1) is 0 Å². The number of hydrogen-bond donors (Lipinski definition) is 0. The normalized spacial score (nSPS) is 25.3. The third kappa shape index (κ3) is 2.86. The van der Waals surface area contributed by atoms with Gasteiger partial charge < -0.3 is 9.64 Å². The van der Waals surface area contributed by atoms with E-state index in [4.69, 9.17) is 4.74 Å². The minimum Gasteiger partial charge on any atom is -0.497 e. The largest absolute Gasteiger partial charge is 0.497 e. The zero-order valence-electron chi connectivity index (χ0n) is 8.18. The van der Waals surface area contributed by atoms with Gasteiger partial charge in [-0.1, -0.05) is 13.0 Å². The van der Waals surface area contributed by atoms with Crippen LogP contribution in [-0.4, -0.2) is 31.1 Å². The summed E-state index contributed by atoms with van der Waals surface area (Å²) >= 11 is 0. The summed E-state index contributed by atoms with van der Waals surface area (Å²) in [5.41, 5.74) is 0. The number of piperidine rings is 1. The molecule has 0 bridgehead atoms. The molecule has 0 saturated carbocycles. The number of nitrogens with zero attached hydrogens (tertiary/aromatic N) is 1. The van der Waals surface area contributed by atoms with Crippen molar-refractivity contribution >= 4 is 0 Å². The van der Waals surface area contributed by atoms with Gasteiger partial charge in [-0.2, -0.15) is 0 Å². The molecule has 2 heteroatoms. The highest BCUT2D eigenvalue weighted by Gasteiger charge is 2.18. The maximum absolute atomic E-state index is 5.42. The molecule has 1 saturated heterocycles. The number of likely N-dealkylation sites (tertiary alicyclic amines) is 1. The molecule has 12 heavy (non-hydrogen) atoms. The molecule has 2 nitrogen and oxygen atoms in total. The van der Waals surface area contributed by atoms with E-state index in [1.54, 1.807) is 0 Å². The van der Waals surface area contributed by atoms with E-state index < -0.39 is 0 Å². The van der Waals surface area contributed by atoms with Gasteiger partial charge in [-0.25, -0.2) is 0 Å². The summed E-state index contributed by atoms with van der Waals surface area (Å²) in [7, 11) is 2.17. The lowest BCUT2D eigenvalue weighted by atomic mass is 10.0. The van der Waals surface area contributed by atoms with Gasteiger partial charge in [-0.3, -0.25) is 0 Å². The van der Waals surface area contributed by atoms with Gasteiger partial charge >= 0.3 is 0 Å². The lowest BCUT2D eigenvalue weighted by Gasteiger charge is -2.32. The summed E-state index contributed by atoms with van der Waals surface area (Å²) in [5.74, 6) is 0.828. The Morgan fingerprint density at radius 3 is 2.92 bits per heavy atom. The molecule has 0 radical (unpaired) electrons. The number of rotatable bonds is 3. The Bertz CT molecular complexity index is 156. The van der Waals surface area contributed by atoms with E-state index in [0.717, 1.165) is 12.4 Å². The molecular weight excluding hydrogens is 150 g/mol. The summed E-state index contributed by atoms with van der Waals surface area (Å²) in [6.07, 6.45) is 3.94. The highest BCUT2D eigenvalue weighted by atomic mass is 16.5. The first kappa shape index (κ1) is 9.59. The van der Waals surface area contributed by atoms with Gasteiger partial charge in [0, 0.05) is 6.04 Å². The fourth-order valence-corrected chi connectivity index (χ4v) is 1.59. The fraction of sp³-hybridized carbons (Fsp3) is 0.800. The Morgan fingerprint density at radius 2 is 2.33 bits per heavy atom. The highest BCUT2D eigenvalue weighted by molar-refractivity contribution is 4.79. The summed E-state index contributed by atoms with van der Waals surface area (Å²) in [4.78, 5) is 2.38. The summed E-state index contributed by atoms with van der Waals surface area (Å²) in [5, 5.41) is 0. The predicted octanol–water partition coefficient (Wildman–Crippen LogP) is 2.02. The van der Waals surface area contributed by atoms with Gasteiger partial charge in [-0.05, 0) is 33.4 Å². The van der Waals surface area contributed by atoms with E-state index in [2.05, 4.69) is 18.5 Å². The second kappa shape index (κ2) is 4.51. The molecule has 1 heterocycles.